The number of allylic oxidation sites excluding steroid dienone is 2. The van der Waals surface area contributed by atoms with Crippen LogP contribution in [-0.2, 0) is 28.6 Å². The number of ether oxygens (including phenoxy) is 3. The molecule has 0 bridgehead atoms. The summed E-state index contributed by atoms with van der Waals surface area (Å²) in [7, 11) is 0. The summed E-state index contributed by atoms with van der Waals surface area (Å²) in [5.74, 6) is -0.584. The molecule has 0 spiro atoms. The summed E-state index contributed by atoms with van der Waals surface area (Å²) >= 11 is 0. The third kappa shape index (κ3) is 39.2. The maximum absolute atomic E-state index is 13.5. The van der Waals surface area contributed by atoms with E-state index in [0.717, 1.165) is 38.5 Å². The minimum absolute atomic E-state index is 0.131. The van der Waals surface area contributed by atoms with Gasteiger partial charge in [0, 0.05) is 59.2 Å². The molecule has 384 valence electrons. The Labute approximate surface area is 400 Å². The van der Waals surface area contributed by atoms with E-state index in [4.69, 9.17) is 14.2 Å². The van der Waals surface area contributed by atoms with E-state index in [9.17, 15) is 28.8 Å². The first-order valence-electron chi connectivity index (χ1n) is 25.4. The minimum atomic E-state index is -0.740. The van der Waals surface area contributed by atoms with E-state index in [0.29, 0.717) is 90.6 Å². The number of hydrogen-bond donors (Lipinski definition) is 4. The van der Waals surface area contributed by atoms with E-state index in [1.54, 1.807) is 30.6 Å². The van der Waals surface area contributed by atoms with Gasteiger partial charge in [0.15, 0.2) is 0 Å². The summed E-state index contributed by atoms with van der Waals surface area (Å²) in [4.78, 5) is 79.6. The quantitative estimate of drug-likeness (QED) is 0.0273. The average Bonchev–Trinajstić information content (AvgIpc) is 3.19. The van der Waals surface area contributed by atoms with Crippen molar-refractivity contribution in [1.82, 2.24) is 31.1 Å². The molecule has 66 heavy (non-hydrogen) atoms. The molecule has 0 fully saturated rings. The molecule has 0 aromatic rings. The number of alkyl carbamates (subject to hydrolysis) is 1. The zero-order valence-corrected chi connectivity index (χ0v) is 43.6. The molecule has 1 atom stereocenters. The van der Waals surface area contributed by atoms with Gasteiger partial charge >= 0.3 is 18.3 Å². The normalized spacial score (nSPS) is 12.3. The van der Waals surface area contributed by atoms with Crippen molar-refractivity contribution in [2.45, 2.75) is 234 Å². The molecule has 0 aliphatic heterocycles. The Hall–Kier alpha value is -4.04. The van der Waals surface area contributed by atoms with Crippen LogP contribution in [0.4, 0.5) is 14.4 Å². The van der Waals surface area contributed by atoms with Gasteiger partial charge in [-0.25, -0.2) is 14.4 Å². The first-order valence-corrected chi connectivity index (χ1v) is 25.4. The Bertz CT molecular complexity index is 1390. The van der Waals surface area contributed by atoms with E-state index in [-0.39, 0.29) is 24.3 Å². The number of hydrogen-bond acceptors (Lipinski definition) is 9. The van der Waals surface area contributed by atoms with Crippen LogP contribution in [0, 0.1) is 0 Å². The third-order valence-electron chi connectivity index (χ3n) is 10.2. The smallest absolute Gasteiger partial charge is 0.410 e. The van der Waals surface area contributed by atoms with Crippen LogP contribution < -0.4 is 21.3 Å². The molecule has 0 aliphatic rings. The first-order chi connectivity index (χ1) is 31.0. The molecule has 0 saturated carbocycles. The summed E-state index contributed by atoms with van der Waals surface area (Å²) < 4.78 is 16.6. The lowest BCUT2D eigenvalue weighted by Crippen LogP contribution is -2.47. The first kappa shape index (κ1) is 62.0. The molecule has 15 heteroatoms. The highest BCUT2D eigenvalue weighted by Gasteiger charge is 2.25. The zero-order valence-electron chi connectivity index (χ0n) is 43.6. The third-order valence-corrected chi connectivity index (χ3v) is 10.2. The summed E-state index contributed by atoms with van der Waals surface area (Å²) in [6.45, 7) is 22.6. The Balaban J connectivity index is 5.25. The molecule has 0 heterocycles. The lowest BCUT2D eigenvalue weighted by atomic mass is 10.1. The van der Waals surface area contributed by atoms with Crippen LogP contribution >= 0.6 is 0 Å². The highest BCUT2D eigenvalue weighted by atomic mass is 16.6. The van der Waals surface area contributed by atoms with Crippen LogP contribution in [0.15, 0.2) is 12.2 Å². The number of carbonyl (C=O) groups excluding carboxylic acids is 6. The number of rotatable bonds is 35. The van der Waals surface area contributed by atoms with Gasteiger partial charge in [-0.2, -0.15) is 0 Å². The van der Waals surface area contributed by atoms with Crippen LogP contribution in [0.1, 0.15) is 211 Å². The molecule has 0 radical (unpaired) electrons. The van der Waals surface area contributed by atoms with Gasteiger partial charge in [-0.05, 0) is 139 Å². The minimum Gasteiger partial charge on any atom is -0.444 e. The molecule has 4 N–H and O–H groups in total. The van der Waals surface area contributed by atoms with Crippen molar-refractivity contribution < 1.29 is 43.0 Å². The van der Waals surface area contributed by atoms with Crippen molar-refractivity contribution in [2.75, 3.05) is 45.8 Å². The highest BCUT2D eigenvalue weighted by molar-refractivity contribution is 5.87. The lowest BCUT2D eigenvalue weighted by Gasteiger charge is -2.29. The van der Waals surface area contributed by atoms with Gasteiger partial charge in [-0.15, -0.1) is 0 Å². The van der Waals surface area contributed by atoms with Gasteiger partial charge in [0.25, 0.3) is 0 Å². The fourth-order valence-electron chi connectivity index (χ4n) is 6.86. The van der Waals surface area contributed by atoms with Gasteiger partial charge in [0.2, 0.25) is 17.7 Å². The number of nitrogens with one attached hydrogen (secondary N) is 4. The molecule has 6 amide bonds. The predicted octanol–water partition coefficient (Wildman–Crippen LogP) is 10.5. The molecule has 1 unspecified atom stereocenters. The maximum atomic E-state index is 13.5. The second-order valence-electron chi connectivity index (χ2n) is 20.5. The lowest BCUT2D eigenvalue weighted by molar-refractivity contribution is -0.129. The van der Waals surface area contributed by atoms with Gasteiger partial charge < -0.3 is 45.3 Å². The van der Waals surface area contributed by atoms with E-state index in [1.165, 1.54) is 51.9 Å². The summed E-state index contributed by atoms with van der Waals surface area (Å²) in [5, 5.41) is 11.4. The number of carbonyl (C=O) groups is 6. The fourth-order valence-corrected chi connectivity index (χ4v) is 6.86. The topological polar surface area (TPSA) is 185 Å². The monoisotopic (exact) mass is 937 g/mol. The second-order valence-corrected chi connectivity index (χ2v) is 20.5. The molecule has 0 aromatic carbocycles. The fraction of sp³-hybridized carbons (Fsp3) is 0.843. The van der Waals surface area contributed by atoms with Crippen molar-refractivity contribution in [3.05, 3.63) is 12.2 Å². The van der Waals surface area contributed by atoms with Crippen molar-refractivity contribution in [2.24, 2.45) is 0 Å². The van der Waals surface area contributed by atoms with Gasteiger partial charge in [-0.1, -0.05) is 70.4 Å². The van der Waals surface area contributed by atoms with Crippen LogP contribution in [-0.4, -0.2) is 114 Å². The Morgan fingerprint density at radius 2 is 0.939 bits per heavy atom. The van der Waals surface area contributed by atoms with E-state index < -0.39 is 41.1 Å². The molecule has 0 aliphatic carbocycles. The van der Waals surface area contributed by atoms with E-state index in [1.807, 2.05) is 41.5 Å². The average molecular weight is 937 g/mol. The van der Waals surface area contributed by atoms with Crippen molar-refractivity contribution in [3.63, 3.8) is 0 Å². The molecule has 0 rings (SSSR count). The van der Waals surface area contributed by atoms with Gasteiger partial charge in [0.1, 0.15) is 22.8 Å². The zero-order chi connectivity index (χ0) is 49.9. The van der Waals surface area contributed by atoms with Crippen LogP contribution in [0.5, 0.6) is 0 Å². The number of unbranched alkanes of at least 4 members (excludes halogenated alkanes) is 13. The van der Waals surface area contributed by atoms with Crippen LogP contribution in [0.3, 0.4) is 0 Å². The molecular weight excluding hydrogens is 841 g/mol. The van der Waals surface area contributed by atoms with E-state index >= 15 is 0 Å². The highest BCUT2D eigenvalue weighted by Crippen LogP contribution is 2.15. The molecule has 0 saturated heterocycles. The SMILES string of the molecule is CCCCCCCCC=CCCCCCCCC(=O)NC(CCCCNC(=O)OC(C)(C)C)C(=O)NCCCN(CCCCN(CCCNC(C)=O)C(=O)OC(C)(C)C)C(=O)OC(C)(C)C. The summed E-state index contributed by atoms with van der Waals surface area (Å²) in [6.07, 6.45) is 22.6. The maximum Gasteiger partial charge on any atom is 0.410 e. The molecule has 15 nitrogen and oxygen atoms in total. The van der Waals surface area contributed by atoms with Gasteiger partial charge in [-0.3, -0.25) is 14.4 Å². The Kier molecular flexibility index (Phi) is 33.9. The van der Waals surface area contributed by atoms with Crippen molar-refractivity contribution >= 4 is 36.0 Å². The van der Waals surface area contributed by atoms with Crippen molar-refractivity contribution in [3.8, 4) is 0 Å². The van der Waals surface area contributed by atoms with Crippen molar-refractivity contribution in [1.29, 1.82) is 0 Å². The van der Waals surface area contributed by atoms with Gasteiger partial charge in [0.05, 0.1) is 0 Å². The van der Waals surface area contributed by atoms with Crippen LogP contribution in [0.25, 0.3) is 0 Å². The predicted molar refractivity (Wildman–Crippen MR) is 265 cm³/mol. The van der Waals surface area contributed by atoms with E-state index in [2.05, 4.69) is 40.3 Å². The Morgan fingerprint density at radius 1 is 0.500 bits per heavy atom. The Morgan fingerprint density at radius 3 is 1.42 bits per heavy atom. The standard InChI is InChI=1S/C51H96N6O9/c1-12-13-14-15-16-17-18-19-20-21-22-23-24-25-26-34-44(59)55-43(33-27-28-35-54-46(61)64-49(3,4)5)45(60)53-37-32-41-57(48(63)66-51(9,10)11)39-30-29-38-56(40-31-36-52-42(2)58)47(62)65-50(6,7)8/h19-20,43H,12-18,21-41H2,1-11H3,(H,52,58)(H,53,60)(H,54,61)(H,55,59). The molecule has 0 aromatic heterocycles. The number of nitrogens with zero attached hydrogens (tertiary/aromatic N) is 2. The second kappa shape index (κ2) is 36.1. The number of amides is 6. The van der Waals surface area contributed by atoms with Crippen LogP contribution in [0.2, 0.25) is 0 Å². The largest absolute Gasteiger partial charge is 0.444 e. The molecular formula is C51H96N6O9. The summed E-state index contributed by atoms with van der Waals surface area (Å²) in [5.41, 5.74) is -1.97. The summed E-state index contributed by atoms with van der Waals surface area (Å²) in [6, 6.07) is -0.740.